The number of alkyl halides is 2. The number of halogens is 2. The van der Waals surface area contributed by atoms with Crippen molar-refractivity contribution in [2.24, 2.45) is 0 Å². The van der Waals surface area contributed by atoms with Gasteiger partial charge in [0.05, 0.1) is 5.54 Å². The first-order valence-electron chi connectivity index (χ1n) is 9.17. The maximum absolute atomic E-state index is 13.1. The summed E-state index contributed by atoms with van der Waals surface area (Å²) in [5.74, 6) is -0.982. The molecule has 4 nitrogen and oxygen atoms in total. The van der Waals surface area contributed by atoms with E-state index in [9.17, 15) is 18.4 Å². The summed E-state index contributed by atoms with van der Waals surface area (Å²) in [7, 11) is 0. The van der Waals surface area contributed by atoms with Gasteiger partial charge in [-0.25, -0.2) is 13.8 Å². The zero-order valence-corrected chi connectivity index (χ0v) is 16.8. The molecule has 0 aliphatic rings. The second-order valence-electron chi connectivity index (χ2n) is 7.74. The van der Waals surface area contributed by atoms with Crippen LogP contribution < -0.4 is 5.43 Å². The Morgan fingerprint density at radius 3 is 2.14 bits per heavy atom. The van der Waals surface area contributed by atoms with Crippen LogP contribution in [0.25, 0.3) is 0 Å². The van der Waals surface area contributed by atoms with Crippen LogP contribution in [0.15, 0.2) is 42.5 Å². The van der Waals surface area contributed by atoms with E-state index in [2.05, 4.69) is 5.43 Å². The van der Waals surface area contributed by atoms with Gasteiger partial charge in [-0.2, -0.15) is 0 Å². The summed E-state index contributed by atoms with van der Waals surface area (Å²) in [6, 6.07) is 11.1. The molecule has 0 aromatic heterocycles. The fourth-order valence-electron chi connectivity index (χ4n) is 2.77. The van der Waals surface area contributed by atoms with E-state index in [1.165, 1.54) is 23.2 Å². The summed E-state index contributed by atoms with van der Waals surface area (Å²) in [6.07, 6.45) is -1.82. The lowest BCUT2D eigenvalue weighted by molar-refractivity contribution is 0.0358. The second kappa shape index (κ2) is 8.50. The van der Waals surface area contributed by atoms with Gasteiger partial charge in [0.2, 0.25) is 0 Å². The molecule has 28 heavy (non-hydrogen) atoms. The van der Waals surface area contributed by atoms with Gasteiger partial charge in [0.1, 0.15) is 0 Å². The van der Waals surface area contributed by atoms with E-state index in [1.54, 1.807) is 39.8 Å². The Labute approximate surface area is 164 Å². The zero-order valence-electron chi connectivity index (χ0n) is 16.8. The minimum atomic E-state index is -2.68. The van der Waals surface area contributed by atoms with Crippen LogP contribution in [-0.2, 0) is 6.42 Å². The molecule has 0 radical (unpaired) electrons. The van der Waals surface area contributed by atoms with E-state index in [-0.39, 0.29) is 11.1 Å². The van der Waals surface area contributed by atoms with Crippen molar-refractivity contribution in [3.63, 3.8) is 0 Å². The Morgan fingerprint density at radius 2 is 1.64 bits per heavy atom. The summed E-state index contributed by atoms with van der Waals surface area (Å²) >= 11 is 0. The van der Waals surface area contributed by atoms with Crippen molar-refractivity contribution in [2.45, 2.75) is 53.0 Å². The molecule has 0 heterocycles. The fourth-order valence-corrected chi connectivity index (χ4v) is 2.77. The molecule has 0 aliphatic heterocycles. The number of hydrazine groups is 1. The first kappa shape index (κ1) is 21.5. The largest absolute Gasteiger partial charge is 0.272 e. The second-order valence-corrected chi connectivity index (χ2v) is 7.74. The number of nitrogens with one attached hydrogen (secondary N) is 1. The Hall–Kier alpha value is -2.76. The fraction of sp³-hybridized carbons (Fsp3) is 0.364. The van der Waals surface area contributed by atoms with Crippen molar-refractivity contribution in [1.82, 2.24) is 10.4 Å². The van der Waals surface area contributed by atoms with E-state index >= 15 is 0 Å². The highest BCUT2D eigenvalue weighted by atomic mass is 19.3. The minimum Gasteiger partial charge on any atom is -0.267 e. The lowest BCUT2D eigenvalue weighted by Gasteiger charge is -2.35. The van der Waals surface area contributed by atoms with Crippen LogP contribution in [0, 0.1) is 6.92 Å². The Bertz CT molecular complexity index is 856. The van der Waals surface area contributed by atoms with Crippen LogP contribution in [0.2, 0.25) is 0 Å². The minimum absolute atomic E-state index is 0.104. The van der Waals surface area contributed by atoms with Crippen LogP contribution in [0.4, 0.5) is 8.78 Å². The first-order chi connectivity index (χ1) is 13.0. The van der Waals surface area contributed by atoms with Gasteiger partial charge >= 0.3 is 0 Å². The predicted octanol–water partition coefficient (Wildman–Crippen LogP) is 5.08. The Kier molecular flexibility index (Phi) is 6.54. The molecule has 150 valence electrons. The van der Waals surface area contributed by atoms with Crippen molar-refractivity contribution in [1.29, 1.82) is 0 Å². The van der Waals surface area contributed by atoms with Gasteiger partial charge < -0.3 is 0 Å². The molecular weight excluding hydrogens is 362 g/mol. The number of carbonyl (C=O) groups excluding carboxylic acids is 2. The van der Waals surface area contributed by atoms with E-state index in [0.29, 0.717) is 11.1 Å². The molecule has 2 rings (SSSR count). The zero-order chi connectivity index (χ0) is 21.1. The van der Waals surface area contributed by atoms with E-state index < -0.39 is 23.8 Å². The number of hydrogen-bond donors (Lipinski definition) is 1. The number of hydrogen-bond acceptors (Lipinski definition) is 2. The SMILES string of the molecule is CCc1ccc(C(=O)NN(C(=O)c2cc(C)cc(C(F)F)c2)C(C)(C)C)cc1. The number of nitrogens with zero attached hydrogens (tertiary/aromatic N) is 1. The van der Waals surface area contributed by atoms with E-state index in [0.717, 1.165) is 12.0 Å². The molecule has 1 N–H and O–H groups in total. The first-order valence-corrected chi connectivity index (χ1v) is 9.17. The van der Waals surface area contributed by atoms with Crippen LogP contribution >= 0.6 is 0 Å². The molecule has 0 fully saturated rings. The lowest BCUT2D eigenvalue weighted by Crippen LogP contribution is -2.55. The highest BCUT2D eigenvalue weighted by Crippen LogP contribution is 2.24. The number of aryl methyl sites for hydroxylation is 2. The van der Waals surface area contributed by atoms with Gasteiger partial charge in [0, 0.05) is 16.7 Å². The normalized spacial score (nSPS) is 11.4. The van der Waals surface area contributed by atoms with Crippen molar-refractivity contribution < 1.29 is 18.4 Å². The Balaban J connectivity index is 2.33. The highest BCUT2D eigenvalue weighted by molar-refractivity contribution is 5.99. The average molecular weight is 388 g/mol. The van der Waals surface area contributed by atoms with Gasteiger partial charge in [-0.1, -0.05) is 25.1 Å². The van der Waals surface area contributed by atoms with Gasteiger partial charge in [0.25, 0.3) is 18.2 Å². The smallest absolute Gasteiger partial charge is 0.267 e. The van der Waals surface area contributed by atoms with Gasteiger partial charge in [0.15, 0.2) is 0 Å². The van der Waals surface area contributed by atoms with Crippen LogP contribution in [0.3, 0.4) is 0 Å². The molecule has 0 bridgehead atoms. The Morgan fingerprint density at radius 1 is 1.04 bits per heavy atom. The van der Waals surface area contributed by atoms with Crippen molar-refractivity contribution in [3.05, 3.63) is 70.3 Å². The van der Waals surface area contributed by atoms with Gasteiger partial charge in [-0.3, -0.25) is 15.0 Å². The quantitative estimate of drug-likeness (QED) is 0.743. The van der Waals surface area contributed by atoms with Crippen LogP contribution in [0.5, 0.6) is 0 Å². The number of carbonyl (C=O) groups is 2. The molecule has 0 spiro atoms. The standard InChI is InChI=1S/C22H26F2N2O2/c1-6-15-7-9-16(10-8-15)20(27)25-26(22(3,4)5)21(28)18-12-14(2)11-17(13-18)19(23)24/h7-13,19H,6H2,1-5H3,(H,25,27). The number of amides is 2. The molecule has 2 amide bonds. The summed E-state index contributed by atoms with van der Waals surface area (Å²) in [4.78, 5) is 25.7. The van der Waals surface area contributed by atoms with Crippen LogP contribution in [0.1, 0.15) is 71.5 Å². The molecule has 6 heteroatoms. The van der Waals surface area contributed by atoms with Gasteiger partial charge in [-0.05, 0) is 69.5 Å². The molecule has 2 aromatic rings. The molecule has 2 aromatic carbocycles. The molecule has 0 aliphatic carbocycles. The monoisotopic (exact) mass is 388 g/mol. The topological polar surface area (TPSA) is 49.4 Å². The summed E-state index contributed by atoms with van der Waals surface area (Å²) < 4.78 is 26.2. The lowest BCUT2D eigenvalue weighted by atomic mass is 10.0. The van der Waals surface area contributed by atoms with Crippen LogP contribution in [-0.4, -0.2) is 22.4 Å². The highest BCUT2D eigenvalue weighted by Gasteiger charge is 2.30. The summed E-state index contributed by atoms with van der Waals surface area (Å²) in [5, 5.41) is 1.19. The van der Waals surface area contributed by atoms with Crippen molar-refractivity contribution in [3.8, 4) is 0 Å². The van der Waals surface area contributed by atoms with Gasteiger partial charge in [-0.15, -0.1) is 0 Å². The van der Waals surface area contributed by atoms with E-state index in [4.69, 9.17) is 0 Å². The van der Waals surface area contributed by atoms with Crippen molar-refractivity contribution in [2.75, 3.05) is 0 Å². The molecule has 0 unspecified atom stereocenters. The third-order valence-corrected chi connectivity index (χ3v) is 4.31. The maximum atomic E-state index is 13.1. The number of rotatable bonds is 4. The van der Waals surface area contributed by atoms with Crippen molar-refractivity contribution >= 4 is 11.8 Å². The third-order valence-electron chi connectivity index (χ3n) is 4.31. The molecule has 0 saturated carbocycles. The number of benzene rings is 2. The average Bonchev–Trinajstić information content (AvgIpc) is 2.64. The summed E-state index contributed by atoms with van der Waals surface area (Å²) in [6.45, 7) is 8.95. The molecule has 0 atom stereocenters. The summed E-state index contributed by atoms with van der Waals surface area (Å²) in [5.41, 5.74) is 3.82. The predicted molar refractivity (Wildman–Crippen MR) is 105 cm³/mol. The third kappa shape index (κ3) is 5.15. The van der Waals surface area contributed by atoms with E-state index in [1.807, 2.05) is 19.1 Å². The maximum Gasteiger partial charge on any atom is 0.272 e. The molecular formula is C22H26F2N2O2. The molecule has 0 saturated heterocycles.